The number of fused-ring (bicyclic) bond motifs is 1. The smallest absolute Gasteiger partial charge is 0.255 e. The van der Waals surface area contributed by atoms with Gasteiger partial charge in [-0.05, 0) is 42.9 Å². The number of carbonyl (C=O) groups is 1. The van der Waals surface area contributed by atoms with E-state index in [1.807, 2.05) is 16.5 Å². The van der Waals surface area contributed by atoms with Gasteiger partial charge in [-0.1, -0.05) is 13.0 Å². The van der Waals surface area contributed by atoms with E-state index in [4.69, 9.17) is 0 Å². The summed E-state index contributed by atoms with van der Waals surface area (Å²) in [5.74, 6) is 0.0940. The van der Waals surface area contributed by atoms with Crippen LogP contribution in [0.3, 0.4) is 0 Å². The van der Waals surface area contributed by atoms with Crippen molar-refractivity contribution in [1.29, 1.82) is 0 Å². The van der Waals surface area contributed by atoms with Gasteiger partial charge < -0.3 is 10.0 Å². The van der Waals surface area contributed by atoms with Crippen molar-refractivity contribution in [1.82, 2.24) is 14.8 Å². The van der Waals surface area contributed by atoms with Crippen LogP contribution in [0.15, 0.2) is 23.7 Å². The van der Waals surface area contributed by atoms with Crippen LogP contribution in [-0.4, -0.2) is 51.5 Å². The largest absolute Gasteiger partial charge is 0.391 e. The van der Waals surface area contributed by atoms with Crippen LogP contribution in [0.2, 0.25) is 0 Å². The van der Waals surface area contributed by atoms with Crippen molar-refractivity contribution >= 4 is 17.2 Å². The van der Waals surface area contributed by atoms with Crippen LogP contribution in [0, 0.1) is 0 Å². The standard InChI is InChI=1S/C21H27N3O2S/c1-2-15-5-6-16(22-10-15)11-23-9-7-18-19(14-27-20(18)13-23)21(26)24-8-3-4-17(25)12-24/h5-6,10,14,17,25H,2-4,7-9,11-13H2,1H3/t17-/m0/s1. The maximum absolute atomic E-state index is 12.9. The lowest BCUT2D eigenvalue weighted by Gasteiger charge is -2.31. The van der Waals surface area contributed by atoms with E-state index in [1.165, 1.54) is 16.0 Å². The Morgan fingerprint density at radius 1 is 1.37 bits per heavy atom. The van der Waals surface area contributed by atoms with E-state index in [1.54, 1.807) is 11.3 Å². The molecule has 2 aliphatic heterocycles. The summed E-state index contributed by atoms with van der Waals surface area (Å²) < 4.78 is 0. The first kappa shape index (κ1) is 18.6. The Bertz CT molecular complexity index is 802. The van der Waals surface area contributed by atoms with E-state index in [0.717, 1.165) is 63.1 Å². The zero-order chi connectivity index (χ0) is 18.8. The highest BCUT2D eigenvalue weighted by Crippen LogP contribution is 2.30. The van der Waals surface area contributed by atoms with E-state index >= 15 is 0 Å². The molecule has 5 nitrogen and oxygen atoms in total. The first-order valence-electron chi connectivity index (χ1n) is 9.86. The third-order valence-corrected chi connectivity index (χ3v) is 6.63. The molecule has 0 aromatic carbocycles. The van der Waals surface area contributed by atoms with Gasteiger partial charge >= 0.3 is 0 Å². The monoisotopic (exact) mass is 385 g/mol. The summed E-state index contributed by atoms with van der Waals surface area (Å²) in [5.41, 5.74) is 4.44. The lowest BCUT2D eigenvalue weighted by atomic mass is 10.0. The van der Waals surface area contributed by atoms with Crippen molar-refractivity contribution in [3.8, 4) is 0 Å². The zero-order valence-corrected chi connectivity index (χ0v) is 16.7. The Morgan fingerprint density at radius 3 is 3.00 bits per heavy atom. The number of piperidine rings is 1. The minimum Gasteiger partial charge on any atom is -0.391 e. The molecule has 2 aromatic rings. The second-order valence-corrected chi connectivity index (χ2v) is 8.53. The van der Waals surface area contributed by atoms with Gasteiger partial charge in [0, 0.05) is 49.2 Å². The fourth-order valence-electron chi connectivity index (χ4n) is 3.99. The molecule has 1 fully saturated rings. The number of nitrogens with zero attached hydrogens (tertiary/aromatic N) is 3. The van der Waals surface area contributed by atoms with Gasteiger partial charge in [-0.3, -0.25) is 14.7 Å². The molecule has 1 atom stereocenters. The van der Waals surface area contributed by atoms with E-state index in [0.29, 0.717) is 6.54 Å². The second-order valence-electron chi connectivity index (χ2n) is 7.57. The molecule has 4 rings (SSSR count). The summed E-state index contributed by atoms with van der Waals surface area (Å²) in [5, 5.41) is 11.9. The van der Waals surface area contributed by atoms with Crippen LogP contribution in [0.25, 0.3) is 0 Å². The second kappa shape index (κ2) is 8.09. The summed E-state index contributed by atoms with van der Waals surface area (Å²) in [6, 6.07) is 4.28. The Morgan fingerprint density at radius 2 is 2.26 bits per heavy atom. The zero-order valence-electron chi connectivity index (χ0n) is 15.9. The number of thiophene rings is 1. The van der Waals surface area contributed by atoms with Crippen LogP contribution in [-0.2, 0) is 25.9 Å². The molecule has 1 amide bonds. The topological polar surface area (TPSA) is 56.7 Å². The van der Waals surface area contributed by atoms with Gasteiger partial charge in [-0.15, -0.1) is 11.3 Å². The molecular weight excluding hydrogens is 358 g/mol. The number of carbonyl (C=O) groups excluding carboxylic acids is 1. The molecule has 0 saturated carbocycles. The highest BCUT2D eigenvalue weighted by Gasteiger charge is 2.28. The molecule has 0 bridgehead atoms. The van der Waals surface area contributed by atoms with Crippen LogP contribution >= 0.6 is 11.3 Å². The van der Waals surface area contributed by atoms with Crippen molar-refractivity contribution in [3.05, 3.63) is 51.0 Å². The number of aliphatic hydroxyl groups is 1. The fourth-order valence-corrected chi connectivity index (χ4v) is 5.11. The van der Waals surface area contributed by atoms with Crippen molar-refractivity contribution in [3.63, 3.8) is 0 Å². The van der Waals surface area contributed by atoms with Gasteiger partial charge in [0.25, 0.3) is 5.91 Å². The van der Waals surface area contributed by atoms with E-state index in [-0.39, 0.29) is 12.0 Å². The molecule has 0 aliphatic carbocycles. The van der Waals surface area contributed by atoms with Gasteiger partial charge in [0.15, 0.2) is 0 Å². The average molecular weight is 386 g/mol. The molecule has 2 aromatic heterocycles. The van der Waals surface area contributed by atoms with Crippen LogP contribution < -0.4 is 0 Å². The predicted molar refractivity (Wildman–Crippen MR) is 107 cm³/mol. The van der Waals surface area contributed by atoms with Gasteiger partial charge in [0.1, 0.15) is 0 Å². The number of β-amino-alcohol motifs (C(OH)–C–C–N with tert-alkyl or cyclic N) is 1. The molecule has 144 valence electrons. The Balaban J connectivity index is 1.43. The number of aryl methyl sites for hydroxylation is 1. The minimum atomic E-state index is -0.376. The fraction of sp³-hybridized carbons (Fsp3) is 0.524. The predicted octanol–water partition coefficient (Wildman–Crippen LogP) is 2.86. The third kappa shape index (κ3) is 4.08. The molecule has 1 N–H and O–H groups in total. The maximum Gasteiger partial charge on any atom is 0.255 e. The summed E-state index contributed by atoms with van der Waals surface area (Å²) in [6.45, 7) is 6.05. The van der Waals surface area contributed by atoms with Crippen molar-refractivity contribution < 1.29 is 9.90 Å². The summed E-state index contributed by atoms with van der Waals surface area (Å²) in [7, 11) is 0. The third-order valence-electron chi connectivity index (χ3n) is 5.62. The lowest BCUT2D eigenvalue weighted by molar-refractivity contribution is 0.0472. The maximum atomic E-state index is 12.9. The van der Waals surface area contributed by atoms with Gasteiger partial charge in [0.05, 0.1) is 17.4 Å². The number of hydrogen-bond donors (Lipinski definition) is 1. The number of aliphatic hydroxyl groups excluding tert-OH is 1. The summed E-state index contributed by atoms with van der Waals surface area (Å²) in [6.07, 6.45) is 5.20. The van der Waals surface area contributed by atoms with Gasteiger partial charge in [0.2, 0.25) is 0 Å². The van der Waals surface area contributed by atoms with Crippen LogP contribution in [0.5, 0.6) is 0 Å². The number of pyridine rings is 1. The molecule has 1 saturated heterocycles. The number of aromatic nitrogens is 1. The molecule has 27 heavy (non-hydrogen) atoms. The van der Waals surface area contributed by atoms with Crippen LogP contribution in [0.4, 0.5) is 0 Å². The normalized spacial score (nSPS) is 20.5. The van der Waals surface area contributed by atoms with E-state index in [9.17, 15) is 9.90 Å². The minimum absolute atomic E-state index is 0.0940. The Labute approximate surface area is 164 Å². The molecule has 0 unspecified atom stereocenters. The molecule has 0 spiro atoms. The van der Waals surface area contributed by atoms with E-state index < -0.39 is 0 Å². The Hall–Kier alpha value is -1.76. The SMILES string of the molecule is CCc1ccc(CN2CCc3c(C(=O)N4CCC[C@H](O)C4)csc3C2)nc1. The number of rotatable bonds is 4. The highest BCUT2D eigenvalue weighted by molar-refractivity contribution is 7.10. The quantitative estimate of drug-likeness (QED) is 0.879. The number of amides is 1. The van der Waals surface area contributed by atoms with Gasteiger partial charge in [-0.2, -0.15) is 0 Å². The number of hydrogen-bond acceptors (Lipinski definition) is 5. The molecular formula is C21H27N3O2S. The Kier molecular flexibility index (Phi) is 5.57. The first-order valence-corrected chi connectivity index (χ1v) is 10.7. The van der Waals surface area contributed by atoms with Crippen molar-refractivity contribution in [2.24, 2.45) is 0 Å². The summed E-state index contributed by atoms with van der Waals surface area (Å²) in [4.78, 5) is 23.0. The first-order chi connectivity index (χ1) is 13.1. The molecule has 6 heteroatoms. The van der Waals surface area contributed by atoms with E-state index in [2.05, 4.69) is 28.9 Å². The lowest BCUT2D eigenvalue weighted by Crippen LogP contribution is -2.42. The number of likely N-dealkylation sites (tertiary alicyclic amines) is 1. The van der Waals surface area contributed by atoms with Crippen LogP contribution in [0.1, 0.15) is 51.8 Å². The average Bonchev–Trinajstić information content (AvgIpc) is 3.11. The van der Waals surface area contributed by atoms with Gasteiger partial charge in [-0.25, -0.2) is 0 Å². The molecule has 2 aliphatic rings. The van der Waals surface area contributed by atoms with Crippen molar-refractivity contribution in [2.45, 2.75) is 51.8 Å². The molecule has 0 radical (unpaired) electrons. The molecule has 4 heterocycles. The highest BCUT2D eigenvalue weighted by atomic mass is 32.1. The van der Waals surface area contributed by atoms with Crippen molar-refractivity contribution in [2.75, 3.05) is 19.6 Å². The summed E-state index contributed by atoms with van der Waals surface area (Å²) >= 11 is 1.69.